The number of rotatable bonds is 8. The Labute approximate surface area is 241 Å². The third-order valence-corrected chi connectivity index (χ3v) is 7.47. The molecule has 1 N–H and O–H groups in total. The molecule has 1 aliphatic heterocycles. The summed E-state index contributed by atoms with van der Waals surface area (Å²) in [5.41, 5.74) is 3.45. The molecule has 0 unspecified atom stereocenters. The SMILES string of the molecule is C=CCOCCOc1cc(F)ccc1-c1c(-c2cnc3c(c2)CN(C(=O)OC(C)(C)C)CC3)[nH]c(=O)c2ccsc12. The van der Waals surface area contributed by atoms with Crippen molar-refractivity contribution in [3.8, 4) is 28.1 Å². The number of nitrogens with zero attached hydrogens (tertiary/aromatic N) is 2. The lowest BCUT2D eigenvalue weighted by molar-refractivity contribution is 0.0223. The zero-order valence-electron chi connectivity index (χ0n) is 23.3. The van der Waals surface area contributed by atoms with Crippen LogP contribution in [0.2, 0.25) is 0 Å². The molecule has 214 valence electrons. The van der Waals surface area contributed by atoms with Crippen molar-refractivity contribution in [1.29, 1.82) is 0 Å². The quantitative estimate of drug-likeness (QED) is 0.194. The Kier molecular flexibility index (Phi) is 8.23. The van der Waals surface area contributed by atoms with E-state index in [4.69, 9.17) is 19.2 Å². The number of H-pyrrole nitrogens is 1. The first-order valence-corrected chi connectivity index (χ1v) is 14.2. The van der Waals surface area contributed by atoms with E-state index < -0.39 is 11.4 Å². The fraction of sp³-hybridized carbons (Fsp3) is 0.323. The first-order valence-electron chi connectivity index (χ1n) is 13.4. The predicted molar refractivity (Wildman–Crippen MR) is 158 cm³/mol. The second-order valence-electron chi connectivity index (χ2n) is 10.7. The highest BCUT2D eigenvalue weighted by molar-refractivity contribution is 7.17. The number of aromatic amines is 1. The molecule has 1 aromatic carbocycles. The summed E-state index contributed by atoms with van der Waals surface area (Å²) < 4.78 is 32.1. The number of nitrogens with one attached hydrogen (secondary N) is 1. The molecule has 41 heavy (non-hydrogen) atoms. The number of hydrogen-bond donors (Lipinski definition) is 1. The molecule has 0 atom stereocenters. The van der Waals surface area contributed by atoms with Crippen molar-refractivity contribution in [2.45, 2.75) is 39.3 Å². The number of thiophene rings is 1. The monoisotopic (exact) mass is 577 g/mol. The van der Waals surface area contributed by atoms with Crippen LogP contribution in [-0.4, -0.2) is 52.9 Å². The highest BCUT2D eigenvalue weighted by Gasteiger charge is 2.27. The third-order valence-electron chi connectivity index (χ3n) is 6.54. The van der Waals surface area contributed by atoms with Gasteiger partial charge >= 0.3 is 6.09 Å². The first-order chi connectivity index (χ1) is 19.6. The van der Waals surface area contributed by atoms with Crippen molar-refractivity contribution in [2.75, 3.05) is 26.4 Å². The van der Waals surface area contributed by atoms with Gasteiger partial charge in [-0.3, -0.25) is 9.78 Å². The number of ether oxygens (including phenoxy) is 3. The molecule has 10 heteroatoms. The summed E-state index contributed by atoms with van der Waals surface area (Å²) in [6.45, 7) is 10.9. The van der Waals surface area contributed by atoms with Gasteiger partial charge in [-0.1, -0.05) is 6.08 Å². The average Bonchev–Trinajstić information content (AvgIpc) is 3.42. The summed E-state index contributed by atoms with van der Waals surface area (Å²) in [6, 6.07) is 8.07. The zero-order chi connectivity index (χ0) is 29.1. The van der Waals surface area contributed by atoms with Gasteiger partial charge in [-0.05, 0) is 56.0 Å². The Hall–Kier alpha value is -4.02. The molecule has 0 saturated carbocycles. The van der Waals surface area contributed by atoms with E-state index in [2.05, 4.69) is 11.6 Å². The molecular weight excluding hydrogens is 545 g/mol. The Morgan fingerprint density at radius 2 is 2.07 bits per heavy atom. The molecule has 8 nitrogen and oxygen atoms in total. The lowest BCUT2D eigenvalue weighted by Crippen LogP contribution is -2.40. The second-order valence-corrected chi connectivity index (χ2v) is 11.6. The number of amides is 1. The van der Waals surface area contributed by atoms with Crippen molar-refractivity contribution in [3.63, 3.8) is 0 Å². The minimum Gasteiger partial charge on any atom is -0.490 e. The maximum Gasteiger partial charge on any atom is 0.410 e. The summed E-state index contributed by atoms with van der Waals surface area (Å²) in [5, 5.41) is 2.38. The number of carbonyl (C=O) groups is 1. The molecule has 4 aromatic rings. The Morgan fingerprint density at radius 1 is 1.24 bits per heavy atom. The van der Waals surface area contributed by atoms with Gasteiger partial charge in [0.25, 0.3) is 5.56 Å². The average molecular weight is 578 g/mol. The number of hydrogen-bond acceptors (Lipinski definition) is 7. The molecular formula is C31H32FN3O5S. The van der Waals surface area contributed by atoms with Crippen molar-refractivity contribution >= 4 is 27.5 Å². The van der Waals surface area contributed by atoms with Crippen LogP contribution in [-0.2, 0) is 22.4 Å². The largest absolute Gasteiger partial charge is 0.490 e. The van der Waals surface area contributed by atoms with Gasteiger partial charge in [0.15, 0.2) is 0 Å². The highest BCUT2D eigenvalue weighted by atomic mass is 32.1. The smallest absolute Gasteiger partial charge is 0.410 e. The van der Waals surface area contributed by atoms with Crippen LogP contribution in [0.3, 0.4) is 0 Å². The number of benzene rings is 1. The van der Waals surface area contributed by atoms with Crippen molar-refractivity contribution in [2.24, 2.45) is 0 Å². The van der Waals surface area contributed by atoms with Crippen LogP contribution in [0, 0.1) is 5.82 Å². The van der Waals surface area contributed by atoms with Crippen LogP contribution >= 0.6 is 11.3 Å². The van der Waals surface area contributed by atoms with Crippen LogP contribution in [0.4, 0.5) is 9.18 Å². The van der Waals surface area contributed by atoms with Crippen LogP contribution < -0.4 is 10.3 Å². The summed E-state index contributed by atoms with van der Waals surface area (Å²) in [5.74, 6) is -0.112. The molecule has 5 rings (SSSR count). The van der Waals surface area contributed by atoms with Crippen LogP contribution in [0.1, 0.15) is 32.0 Å². The van der Waals surface area contributed by atoms with Crippen molar-refractivity contribution < 1.29 is 23.4 Å². The molecule has 0 radical (unpaired) electrons. The predicted octanol–water partition coefficient (Wildman–Crippen LogP) is 6.33. The summed E-state index contributed by atoms with van der Waals surface area (Å²) in [4.78, 5) is 35.3. The molecule has 0 aliphatic carbocycles. The number of aromatic nitrogens is 2. The highest BCUT2D eigenvalue weighted by Crippen LogP contribution is 2.42. The molecule has 0 saturated heterocycles. The van der Waals surface area contributed by atoms with Gasteiger partial charge in [0.2, 0.25) is 0 Å². The normalized spacial score (nSPS) is 13.2. The first kappa shape index (κ1) is 28.5. The molecule has 0 bridgehead atoms. The van der Waals surface area contributed by atoms with E-state index >= 15 is 0 Å². The molecule has 4 heterocycles. The molecule has 1 aliphatic rings. The molecule has 1 amide bonds. The number of carbonyl (C=O) groups excluding carboxylic acids is 1. The molecule has 0 spiro atoms. The second kappa shape index (κ2) is 11.8. The fourth-order valence-electron chi connectivity index (χ4n) is 4.76. The summed E-state index contributed by atoms with van der Waals surface area (Å²) in [6.07, 6.45) is 3.58. The van der Waals surface area contributed by atoms with E-state index in [1.165, 1.54) is 23.5 Å². The Balaban J connectivity index is 1.57. The minimum atomic E-state index is -0.603. The lowest BCUT2D eigenvalue weighted by atomic mass is 9.96. The summed E-state index contributed by atoms with van der Waals surface area (Å²) in [7, 11) is 0. The third kappa shape index (κ3) is 6.34. The number of fused-ring (bicyclic) bond motifs is 2. The minimum absolute atomic E-state index is 0.206. The van der Waals surface area contributed by atoms with Gasteiger partial charge in [0.1, 0.15) is 23.8 Å². The zero-order valence-corrected chi connectivity index (χ0v) is 24.1. The maximum absolute atomic E-state index is 14.4. The van der Waals surface area contributed by atoms with E-state index in [-0.39, 0.29) is 18.3 Å². The van der Waals surface area contributed by atoms with E-state index in [1.54, 1.807) is 29.3 Å². The molecule has 0 fully saturated rings. The number of halogens is 1. The fourth-order valence-corrected chi connectivity index (χ4v) is 5.71. The van der Waals surface area contributed by atoms with Crippen LogP contribution in [0.15, 0.2) is 59.4 Å². The van der Waals surface area contributed by atoms with Crippen molar-refractivity contribution in [3.05, 3.63) is 82.0 Å². The van der Waals surface area contributed by atoms with Gasteiger partial charge in [0, 0.05) is 52.3 Å². The van der Waals surface area contributed by atoms with E-state index in [0.29, 0.717) is 66.2 Å². The maximum atomic E-state index is 14.4. The van der Waals surface area contributed by atoms with Gasteiger partial charge in [-0.25, -0.2) is 9.18 Å². The summed E-state index contributed by atoms with van der Waals surface area (Å²) >= 11 is 1.42. The lowest BCUT2D eigenvalue weighted by Gasteiger charge is -2.31. The van der Waals surface area contributed by atoms with Crippen LogP contribution in [0.25, 0.3) is 32.5 Å². The molecule has 3 aromatic heterocycles. The van der Waals surface area contributed by atoms with Gasteiger partial charge in [-0.15, -0.1) is 17.9 Å². The Morgan fingerprint density at radius 3 is 2.85 bits per heavy atom. The van der Waals surface area contributed by atoms with E-state index in [1.807, 2.05) is 32.2 Å². The van der Waals surface area contributed by atoms with Crippen molar-refractivity contribution in [1.82, 2.24) is 14.9 Å². The Bertz CT molecular complexity index is 1660. The topological polar surface area (TPSA) is 93.8 Å². The van der Waals surface area contributed by atoms with E-state index in [9.17, 15) is 14.0 Å². The van der Waals surface area contributed by atoms with Crippen LogP contribution in [0.5, 0.6) is 5.75 Å². The van der Waals surface area contributed by atoms with Gasteiger partial charge in [0.05, 0.1) is 30.8 Å². The van der Waals surface area contributed by atoms with Gasteiger partial charge < -0.3 is 24.1 Å². The standard InChI is InChI=1S/C31H32FN3O5S/c1-5-11-38-12-13-39-25-16-21(32)6-7-22(25)26-27(34-29(36)23-9-14-41-28(23)26)19-15-20-18-35(10-8-24(20)33-17-19)30(37)40-31(2,3)4/h5-7,9,14-17H,1,8,10-13,18H2,2-4H3,(H,34,36). The number of pyridine rings is 2. The van der Waals surface area contributed by atoms with Gasteiger partial charge in [-0.2, -0.15) is 0 Å². The van der Waals surface area contributed by atoms with E-state index in [0.717, 1.165) is 16.0 Å².